The smallest absolute Gasteiger partial charge is 0.298 e. The second-order valence-corrected chi connectivity index (χ2v) is 14.9. The molecule has 2 unspecified atom stereocenters. The van der Waals surface area contributed by atoms with Gasteiger partial charge in [-0.25, -0.2) is 4.98 Å². The molecule has 4 aromatic carbocycles. The van der Waals surface area contributed by atoms with Gasteiger partial charge in [-0.3, -0.25) is 4.57 Å². The molecule has 0 radical (unpaired) electrons. The van der Waals surface area contributed by atoms with Gasteiger partial charge in [-0.15, -0.1) is 0 Å². The summed E-state index contributed by atoms with van der Waals surface area (Å²) in [5.74, 6) is 1.68. The summed E-state index contributed by atoms with van der Waals surface area (Å²) in [5.41, 5.74) is 11.5. The molecule has 0 fully saturated rings. The molecule has 0 amide bonds. The zero-order valence-corrected chi connectivity index (χ0v) is 31.2. The number of nitrogens with zero attached hydrogens (tertiary/aromatic N) is 3. The fourth-order valence-electron chi connectivity index (χ4n) is 9.18. The molecule has 6 heteroatoms. The van der Waals surface area contributed by atoms with Gasteiger partial charge in [-0.05, 0) is 98.9 Å². The van der Waals surface area contributed by atoms with Crippen molar-refractivity contribution in [1.29, 1.82) is 0 Å². The Bertz CT molecular complexity index is 3050. The lowest BCUT2D eigenvalue weighted by atomic mass is 9.95. The normalized spacial score (nSPS) is 16.1. The maximum atomic E-state index is 6.27. The number of pyridine rings is 1. The monoisotopic (exact) mass is 728 g/mol. The lowest BCUT2D eigenvalue weighted by Gasteiger charge is -2.25. The first-order valence-electron chi connectivity index (χ1n) is 19.7. The molecule has 9 aromatic rings. The van der Waals surface area contributed by atoms with Gasteiger partial charge in [0.15, 0.2) is 0 Å². The Morgan fingerprint density at radius 1 is 0.857 bits per heavy atom. The number of nitrogens with one attached hydrogen (secondary N) is 1. The molecule has 11 rings (SSSR count). The van der Waals surface area contributed by atoms with Crippen molar-refractivity contribution in [2.45, 2.75) is 44.7 Å². The van der Waals surface area contributed by atoms with Crippen molar-refractivity contribution >= 4 is 66.6 Å². The third kappa shape index (κ3) is 5.20. The summed E-state index contributed by atoms with van der Waals surface area (Å²) >= 11 is 0. The Labute approximate surface area is 324 Å². The number of rotatable bonds is 8. The van der Waals surface area contributed by atoms with Gasteiger partial charge in [-0.1, -0.05) is 91.0 Å². The number of hydrogen-bond donors (Lipinski definition) is 1. The number of dihydropyridines is 1. The lowest BCUT2D eigenvalue weighted by molar-refractivity contribution is 0.496. The van der Waals surface area contributed by atoms with Crippen molar-refractivity contribution in [3.05, 3.63) is 180 Å². The van der Waals surface area contributed by atoms with E-state index in [0.29, 0.717) is 5.78 Å². The van der Waals surface area contributed by atoms with E-state index in [-0.39, 0.29) is 12.1 Å². The van der Waals surface area contributed by atoms with Crippen LogP contribution in [0.3, 0.4) is 0 Å². The van der Waals surface area contributed by atoms with Gasteiger partial charge in [0.05, 0.1) is 28.2 Å². The van der Waals surface area contributed by atoms with Crippen molar-refractivity contribution < 1.29 is 8.83 Å². The van der Waals surface area contributed by atoms with E-state index < -0.39 is 0 Å². The molecule has 0 saturated heterocycles. The standard InChI is InChI=1S/C50H40N4O2/c1-2-13-32(40-18-11-24-47(51-40)53-42-20-7-3-14-35(42)36-15-4-8-21-43(36)53)26-27-34-31-55-50-49(34)39-30-33(28-29-46(39)56-50)41-19-12-25-48(52-41)54-44-22-9-5-16-37(44)38-17-6-10-23-45(38)54/h2-7,9-20,22-25,28-32,48,52H,8,21,26-27H2,1H3/b13-2-. The first-order chi connectivity index (χ1) is 27.7. The highest BCUT2D eigenvalue weighted by Gasteiger charge is 2.23. The molecule has 0 spiro atoms. The van der Waals surface area contributed by atoms with Gasteiger partial charge >= 0.3 is 0 Å². The van der Waals surface area contributed by atoms with Crippen molar-refractivity contribution in [3.8, 4) is 5.82 Å². The molecule has 0 saturated carbocycles. The summed E-state index contributed by atoms with van der Waals surface area (Å²) in [5, 5.41) is 9.76. The van der Waals surface area contributed by atoms with Gasteiger partial charge in [-0.2, -0.15) is 0 Å². The first kappa shape index (κ1) is 32.6. The largest absolute Gasteiger partial charge is 0.433 e. The van der Waals surface area contributed by atoms with Crippen LogP contribution in [0.15, 0.2) is 161 Å². The summed E-state index contributed by atoms with van der Waals surface area (Å²) in [6.07, 6.45) is 21.1. The van der Waals surface area contributed by atoms with Crippen LogP contribution in [0.1, 0.15) is 59.9 Å². The third-order valence-corrected chi connectivity index (χ3v) is 11.7. The molecule has 1 aliphatic carbocycles. The zero-order chi connectivity index (χ0) is 37.2. The van der Waals surface area contributed by atoms with Crippen LogP contribution >= 0.6 is 0 Å². The molecule has 0 bridgehead atoms. The quantitative estimate of drug-likeness (QED) is 0.158. The van der Waals surface area contributed by atoms with Crippen LogP contribution in [0.5, 0.6) is 0 Å². The van der Waals surface area contributed by atoms with E-state index in [1.54, 1.807) is 0 Å². The van der Waals surface area contributed by atoms with Crippen molar-refractivity contribution in [2.24, 2.45) is 0 Å². The predicted octanol–water partition coefficient (Wildman–Crippen LogP) is 12.6. The number of allylic oxidation sites excluding steroid dienone is 5. The molecular weight excluding hydrogens is 689 g/mol. The van der Waals surface area contributed by atoms with E-state index in [1.807, 2.05) is 6.26 Å². The average Bonchev–Trinajstić information content (AvgIpc) is 4.01. The van der Waals surface area contributed by atoms with Gasteiger partial charge in [0.25, 0.3) is 5.78 Å². The molecule has 272 valence electrons. The predicted molar refractivity (Wildman–Crippen MR) is 229 cm³/mol. The van der Waals surface area contributed by atoms with Gasteiger partial charge in [0, 0.05) is 55.7 Å². The maximum absolute atomic E-state index is 6.27. The summed E-state index contributed by atoms with van der Waals surface area (Å²) in [4.78, 5) is 5.34. The highest BCUT2D eigenvalue weighted by atomic mass is 16.5. The van der Waals surface area contributed by atoms with Crippen LogP contribution in [0.2, 0.25) is 0 Å². The van der Waals surface area contributed by atoms with Crippen LogP contribution in [-0.2, 0) is 12.8 Å². The minimum absolute atomic E-state index is 0.0430. The molecule has 56 heavy (non-hydrogen) atoms. The summed E-state index contributed by atoms with van der Waals surface area (Å²) in [7, 11) is 0. The Morgan fingerprint density at radius 2 is 1.64 bits per heavy atom. The highest BCUT2D eigenvalue weighted by Crippen LogP contribution is 2.39. The summed E-state index contributed by atoms with van der Waals surface area (Å²) in [6.45, 7) is 2.09. The molecule has 2 atom stereocenters. The second-order valence-electron chi connectivity index (χ2n) is 14.9. The second kappa shape index (κ2) is 13.2. The Balaban J connectivity index is 0.898. The van der Waals surface area contributed by atoms with Crippen molar-refractivity contribution in [2.75, 3.05) is 0 Å². The van der Waals surface area contributed by atoms with Crippen LogP contribution in [0.4, 0.5) is 0 Å². The number of furan rings is 2. The first-order valence-corrected chi connectivity index (χ1v) is 19.7. The minimum atomic E-state index is -0.0430. The number of aromatic nitrogens is 3. The molecule has 1 aliphatic heterocycles. The number of para-hydroxylation sites is 3. The highest BCUT2D eigenvalue weighted by molar-refractivity contribution is 6.08. The fraction of sp³-hybridized carbons (Fsp3) is 0.140. The van der Waals surface area contributed by atoms with Gasteiger partial charge in [0.2, 0.25) is 0 Å². The Morgan fingerprint density at radius 3 is 2.46 bits per heavy atom. The van der Waals surface area contributed by atoms with Crippen LogP contribution < -0.4 is 5.32 Å². The van der Waals surface area contributed by atoms with E-state index in [1.165, 1.54) is 44.0 Å². The van der Waals surface area contributed by atoms with E-state index >= 15 is 0 Å². The number of benzene rings is 4. The summed E-state index contributed by atoms with van der Waals surface area (Å²) in [6, 6.07) is 38.9. The van der Waals surface area contributed by atoms with Crippen LogP contribution in [-0.4, -0.2) is 14.1 Å². The van der Waals surface area contributed by atoms with E-state index in [0.717, 1.165) is 70.4 Å². The summed E-state index contributed by atoms with van der Waals surface area (Å²) < 4.78 is 17.1. The Hall–Kier alpha value is -6.79. The van der Waals surface area contributed by atoms with E-state index in [9.17, 15) is 0 Å². The zero-order valence-electron chi connectivity index (χ0n) is 31.2. The minimum Gasteiger partial charge on any atom is -0.433 e. The molecule has 5 aromatic heterocycles. The number of hydrogen-bond acceptors (Lipinski definition) is 4. The SMILES string of the molecule is C/C=C\C(CCc1coc2oc3ccc(C4=CC=CC(n5c6ccccc6c6ccccc65)N4)cc3c12)c1cccc(-n2c3c(c4ccccc42)C=CCC3)n1. The van der Waals surface area contributed by atoms with Crippen LogP contribution in [0.25, 0.3) is 72.4 Å². The maximum Gasteiger partial charge on any atom is 0.298 e. The number of fused-ring (bicyclic) bond motifs is 9. The van der Waals surface area contributed by atoms with Crippen LogP contribution in [0, 0.1) is 0 Å². The topological polar surface area (TPSA) is 61.1 Å². The molecule has 2 aliphatic rings. The number of aryl methyl sites for hydroxylation is 1. The Kier molecular flexibility index (Phi) is 7.69. The fourth-order valence-corrected chi connectivity index (χ4v) is 9.18. The molecule has 6 nitrogen and oxygen atoms in total. The average molecular weight is 729 g/mol. The lowest BCUT2D eigenvalue weighted by Crippen LogP contribution is -2.25. The third-order valence-electron chi connectivity index (χ3n) is 11.7. The van der Waals surface area contributed by atoms with Gasteiger partial charge in [0.1, 0.15) is 17.6 Å². The van der Waals surface area contributed by atoms with E-state index in [4.69, 9.17) is 13.8 Å². The van der Waals surface area contributed by atoms with E-state index in [2.05, 4.69) is 173 Å². The van der Waals surface area contributed by atoms with Gasteiger partial charge < -0.3 is 18.7 Å². The van der Waals surface area contributed by atoms with Crippen molar-refractivity contribution in [1.82, 2.24) is 19.4 Å². The molecular formula is C50H40N4O2. The van der Waals surface area contributed by atoms with Crippen molar-refractivity contribution in [3.63, 3.8) is 0 Å². The molecule has 1 N–H and O–H groups in total. The molecule has 6 heterocycles.